The van der Waals surface area contributed by atoms with E-state index in [2.05, 4.69) is 22.2 Å². The number of amides is 1. The summed E-state index contributed by atoms with van der Waals surface area (Å²) in [6, 6.07) is 4.26. The van der Waals surface area contributed by atoms with Gasteiger partial charge >= 0.3 is 0 Å². The number of rotatable bonds is 5. The molecule has 0 saturated heterocycles. The lowest BCUT2D eigenvalue weighted by molar-refractivity contribution is 0.0953. The molecule has 1 amide bonds. The standard InChI is InChI=1S/C15H21N3O/c1-2-9-17-15(19)14-11-13(8-10-16-14)18-12-6-4-3-5-7-12/h2,8,10-12H,1,3-7,9H2,(H,16,18)(H,17,19). The molecule has 1 aromatic rings. The first kappa shape index (κ1) is 13.6. The summed E-state index contributed by atoms with van der Waals surface area (Å²) in [5, 5.41) is 6.22. The van der Waals surface area contributed by atoms with E-state index in [1.54, 1.807) is 12.3 Å². The zero-order chi connectivity index (χ0) is 13.5. The molecule has 1 aromatic heterocycles. The fourth-order valence-electron chi connectivity index (χ4n) is 2.38. The van der Waals surface area contributed by atoms with Gasteiger partial charge in [0.15, 0.2) is 0 Å². The van der Waals surface area contributed by atoms with Gasteiger partial charge in [-0.2, -0.15) is 0 Å². The summed E-state index contributed by atoms with van der Waals surface area (Å²) < 4.78 is 0. The highest BCUT2D eigenvalue weighted by atomic mass is 16.1. The summed E-state index contributed by atoms with van der Waals surface area (Å²) in [5.41, 5.74) is 1.42. The number of carbonyl (C=O) groups excluding carboxylic acids is 1. The molecule has 0 aromatic carbocycles. The summed E-state index contributed by atoms with van der Waals surface area (Å²) in [6.45, 7) is 4.03. The molecule has 0 aliphatic heterocycles. The normalized spacial score (nSPS) is 15.8. The minimum Gasteiger partial charge on any atom is -0.382 e. The van der Waals surface area contributed by atoms with E-state index in [0.717, 1.165) is 5.69 Å². The van der Waals surface area contributed by atoms with Crippen LogP contribution in [0.25, 0.3) is 0 Å². The Bertz CT molecular complexity index is 439. The quantitative estimate of drug-likeness (QED) is 0.799. The van der Waals surface area contributed by atoms with Crippen LogP contribution in [0.15, 0.2) is 31.0 Å². The first-order valence-corrected chi connectivity index (χ1v) is 6.91. The van der Waals surface area contributed by atoms with Gasteiger partial charge in [0.1, 0.15) is 5.69 Å². The van der Waals surface area contributed by atoms with Crippen LogP contribution in [0.5, 0.6) is 0 Å². The van der Waals surface area contributed by atoms with Gasteiger partial charge in [0.05, 0.1) is 0 Å². The molecule has 2 rings (SSSR count). The van der Waals surface area contributed by atoms with Crippen LogP contribution in [0.1, 0.15) is 42.6 Å². The molecule has 0 unspecified atom stereocenters. The average Bonchev–Trinajstić information content (AvgIpc) is 2.46. The number of hydrogen-bond donors (Lipinski definition) is 2. The molecular formula is C15H21N3O. The lowest BCUT2D eigenvalue weighted by atomic mass is 9.95. The molecule has 0 spiro atoms. The van der Waals surface area contributed by atoms with Crippen molar-refractivity contribution in [3.8, 4) is 0 Å². The van der Waals surface area contributed by atoms with E-state index in [9.17, 15) is 4.79 Å². The zero-order valence-corrected chi connectivity index (χ0v) is 11.2. The average molecular weight is 259 g/mol. The molecule has 0 radical (unpaired) electrons. The smallest absolute Gasteiger partial charge is 0.270 e. The summed E-state index contributed by atoms with van der Waals surface area (Å²) in [7, 11) is 0. The Hall–Kier alpha value is -1.84. The molecule has 4 nitrogen and oxygen atoms in total. The Balaban J connectivity index is 1.97. The van der Waals surface area contributed by atoms with Crippen molar-refractivity contribution in [2.75, 3.05) is 11.9 Å². The molecule has 1 heterocycles. The minimum absolute atomic E-state index is 0.160. The molecule has 4 heteroatoms. The first-order valence-electron chi connectivity index (χ1n) is 6.91. The number of carbonyl (C=O) groups is 1. The maximum atomic E-state index is 11.8. The summed E-state index contributed by atoms with van der Waals surface area (Å²) in [5.74, 6) is -0.160. The van der Waals surface area contributed by atoms with Crippen LogP contribution in [0, 0.1) is 0 Å². The Morgan fingerprint density at radius 3 is 2.95 bits per heavy atom. The zero-order valence-electron chi connectivity index (χ0n) is 11.2. The van der Waals surface area contributed by atoms with E-state index >= 15 is 0 Å². The lowest BCUT2D eigenvalue weighted by Gasteiger charge is -2.23. The van der Waals surface area contributed by atoms with Gasteiger partial charge < -0.3 is 10.6 Å². The van der Waals surface area contributed by atoms with Crippen LogP contribution in [0.3, 0.4) is 0 Å². The van der Waals surface area contributed by atoms with Crippen LogP contribution >= 0.6 is 0 Å². The monoisotopic (exact) mass is 259 g/mol. The SMILES string of the molecule is C=CCNC(=O)c1cc(NC2CCCCC2)ccn1. The van der Waals surface area contributed by atoms with Gasteiger partial charge in [-0.05, 0) is 25.0 Å². The molecule has 0 atom stereocenters. The summed E-state index contributed by atoms with van der Waals surface area (Å²) >= 11 is 0. The minimum atomic E-state index is -0.160. The van der Waals surface area contributed by atoms with E-state index < -0.39 is 0 Å². The molecule has 1 fully saturated rings. The second-order valence-corrected chi connectivity index (χ2v) is 4.91. The fourth-order valence-corrected chi connectivity index (χ4v) is 2.38. The number of anilines is 1. The van der Waals surface area contributed by atoms with Crippen molar-refractivity contribution in [2.24, 2.45) is 0 Å². The largest absolute Gasteiger partial charge is 0.382 e. The van der Waals surface area contributed by atoms with E-state index in [0.29, 0.717) is 18.3 Å². The van der Waals surface area contributed by atoms with E-state index in [-0.39, 0.29) is 5.91 Å². The van der Waals surface area contributed by atoms with Crippen LogP contribution in [0.2, 0.25) is 0 Å². The Morgan fingerprint density at radius 2 is 2.21 bits per heavy atom. The van der Waals surface area contributed by atoms with Crippen molar-refractivity contribution in [3.63, 3.8) is 0 Å². The number of nitrogens with zero attached hydrogens (tertiary/aromatic N) is 1. The van der Waals surface area contributed by atoms with Gasteiger partial charge in [-0.15, -0.1) is 6.58 Å². The molecule has 2 N–H and O–H groups in total. The van der Waals surface area contributed by atoms with E-state index in [1.165, 1.54) is 32.1 Å². The van der Waals surface area contributed by atoms with Crippen LogP contribution < -0.4 is 10.6 Å². The lowest BCUT2D eigenvalue weighted by Crippen LogP contribution is -2.25. The second kappa shape index (κ2) is 6.92. The highest BCUT2D eigenvalue weighted by Crippen LogP contribution is 2.21. The predicted octanol–water partition coefficient (Wildman–Crippen LogP) is 2.74. The molecule has 0 bridgehead atoms. The Labute approximate surface area is 114 Å². The van der Waals surface area contributed by atoms with E-state index in [1.807, 2.05) is 12.1 Å². The number of hydrogen-bond acceptors (Lipinski definition) is 3. The Kier molecular flexibility index (Phi) is 4.95. The molecule has 1 saturated carbocycles. The van der Waals surface area contributed by atoms with Crippen LogP contribution in [-0.2, 0) is 0 Å². The van der Waals surface area contributed by atoms with Gasteiger partial charge in [-0.1, -0.05) is 25.3 Å². The summed E-state index contributed by atoms with van der Waals surface area (Å²) in [6.07, 6.45) is 9.66. The maximum Gasteiger partial charge on any atom is 0.270 e. The van der Waals surface area contributed by atoms with Gasteiger partial charge in [-0.3, -0.25) is 9.78 Å². The number of pyridine rings is 1. The van der Waals surface area contributed by atoms with Crippen LogP contribution in [0.4, 0.5) is 5.69 Å². The highest BCUT2D eigenvalue weighted by Gasteiger charge is 2.14. The van der Waals surface area contributed by atoms with Crippen molar-refractivity contribution in [2.45, 2.75) is 38.1 Å². The van der Waals surface area contributed by atoms with E-state index in [4.69, 9.17) is 0 Å². The predicted molar refractivity (Wildman–Crippen MR) is 77.3 cm³/mol. The summed E-state index contributed by atoms with van der Waals surface area (Å²) in [4.78, 5) is 15.9. The van der Waals surface area contributed by atoms with Gasteiger partial charge in [0, 0.05) is 24.5 Å². The Morgan fingerprint density at radius 1 is 1.42 bits per heavy atom. The van der Waals surface area contributed by atoms with Crippen molar-refractivity contribution in [3.05, 3.63) is 36.7 Å². The number of aromatic nitrogens is 1. The maximum absolute atomic E-state index is 11.8. The van der Waals surface area contributed by atoms with Crippen molar-refractivity contribution < 1.29 is 4.79 Å². The second-order valence-electron chi connectivity index (χ2n) is 4.91. The molecule has 1 aliphatic carbocycles. The third-order valence-corrected chi connectivity index (χ3v) is 3.38. The fraction of sp³-hybridized carbons (Fsp3) is 0.467. The third kappa shape index (κ3) is 4.09. The first-order chi connectivity index (χ1) is 9.29. The van der Waals surface area contributed by atoms with Gasteiger partial charge in [0.2, 0.25) is 0 Å². The number of nitrogens with one attached hydrogen (secondary N) is 2. The molecular weight excluding hydrogens is 238 g/mol. The third-order valence-electron chi connectivity index (χ3n) is 3.38. The molecule has 1 aliphatic rings. The van der Waals surface area contributed by atoms with Crippen LogP contribution in [-0.4, -0.2) is 23.5 Å². The van der Waals surface area contributed by atoms with Gasteiger partial charge in [0.25, 0.3) is 5.91 Å². The van der Waals surface area contributed by atoms with Crippen molar-refractivity contribution in [1.29, 1.82) is 0 Å². The van der Waals surface area contributed by atoms with Gasteiger partial charge in [-0.25, -0.2) is 0 Å². The van der Waals surface area contributed by atoms with Crippen molar-refractivity contribution >= 4 is 11.6 Å². The molecule has 102 valence electrons. The highest BCUT2D eigenvalue weighted by molar-refractivity contribution is 5.93. The topological polar surface area (TPSA) is 54.0 Å². The van der Waals surface area contributed by atoms with Crippen molar-refractivity contribution in [1.82, 2.24) is 10.3 Å². The molecule has 19 heavy (non-hydrogen) atoms.